The fourth-order valence-electron chi connectivity index (χ4n) is 5.39. The Morgan fingerprint density at radius 2 is 1.86 bits per heavy atom. The van der Waals surface area contributed by atoms with Crippen LogP contribution in [0.15, 0.2) is 12.3 Å². The van der Waals surface area contributed by atoms with E-state index in [1.807, 2.05) is 30.7 Å². The second kappa shape index (κ2) is 11.3. The van der Waals surface area contributed by atoms with Crippen LogP contribution in [0.3, 0.4) is 0 Å². The summed E-state index contributed by atoms with van der Waals surface area (Å²) in [6.07, 6.45) is 4.93. The molecule has 11 nitrogen and oxygen atoms in total. The third-order valence-electron chi connectivity index (χ3n) is 6.82. The van der Waals surface area contributed by atoms with E-state index in [9.17, 15) is 4.57 Å². The lowest BCUT2D eigenvalue weighted by molar-refractivity contribution is -0.201. The molecule has 0 radical (unpaired) electrons. The quantitative estimate of drug-likeness (QED) is 0.201. The van der Waals surface area contributed by atoms with Crippen molar-refractivity contribution in [3.05, 3.63) is 16.1 Å². The minimum atomic E-state index is -3.33. The minimum absolute atomic E-state index is 0.154. The zero-order valence-corrected chi connectivity index (χ0v) is 24.8. The summed E-state index contributed by atoms with van der Waals surface area (Å²) < 4.78 is 50.9. The summed E-state index contributed by atoms with van der Waals surface area (Å²) in [5.41, 5.74) is 0.774. The summed E-state index contributed by atoms with van der Waals surface area (Å²) in [5, 5.41) is 4.57. The van der Waals surface area contributed by atoms with Gasteiger partial charge >= 0.3 is 7.60 Å². The summed E-state index contributed by atoms with van der Waals surface area (Å²) in [6, 6.07) is 2.45. The molecular formula is C24H36IN4O7P. The number of hydrogen-bond acceptors (Lipinski definition) is 10. The van der Waals surface area contributed by atoms with Crippen LogP contribution in [-0.2, 0) is 32.6 Å². The Hall–Kier alpha value is -0.860. The van der Waals surface area contributed by atoms with Crippen LogP contribution in [-0.4, -0.2) is 70.8 Å². The number of nitrogens with one attached hydrogen (secondary N) is 1. The summed E-state index contributed by atoms with van der Waals surface area (Å²) in [4.78, 5) is 9.43. The minimum Gasteiger partial charge on any atom is -0.367 e. The SMILES string of the molecule is CCOP(=O)(COCC1O[C@@H](n2ccc3c(NC4CCCC4)nc(I)nc32)[C@@H]2OC(C)(C)O[C@H]12)OCC. The van der Waals surface area contributed by atoms with E-state index in [1.54, 1.807) is 13.8 Å². The van der Waals surface area contributed by atoms with Gasteiger partial charge in [0.15, 0.2) is 15.8 Å². The van der Waals surface area contributed by atoms with Gasteiger partial charge in [-0.05, 0) is 46.6 Å². The van der Waals surface area contributed by atoms with E-state index in [0.717, 1.165) is 29.7 Å². The molecule has 37 heavy (non-hydrogen) atoms. The number of hydrogen-bond donors (Lipinski definition) is 1. The largest absolute Gasteiger partial charge is 0.367 e. The van der Waals surface area contributed by atoms with Crippen LogP contribution in [0.25, 0.3) is 11.0 Å². The number of halogens is 1. The van der Waals surface area contributed by atoms with E-state index in [0.29, 0.717) is 9.87 Å². The maximum absolute atomic E-state index is 12.8. The normalized spacial score (nSPS) is 27.8. The highest BCUT2D eigenvalue weighted by atomic mass is 127. The van der Waals surface area contributed by atoms with Crippen molar-refractivity contribution in [3.8, 4) is 0 Å². The Labute approximate surface area is 230 Å². The predicted molar refractivity (Wildman–Crippen MR) is 146 cm³/mol. The molecule has 3 aliphatic rings. The summed E-state index contributed by atoms with van der Waals surface area (Å²) in [6.45, 7) is 8.03. The van der Waals surface area contributed by atoms with Gasteiger partial charge in [-0.2, -0.15) is 0 Å². The predicted octanol–water partition coefficient (Wildman–Crippen LogP) is 5.05. The molecule has 2 saturated heterocycles. The highest BCUT2D eigenvalue weighted by Gasteiger charge is 2.56. The van der Waals surface area contributed by atoms with E-state index in [1.165, 1.54) is 12.8 Å². The molecule has 0 bridgehead atoms. The molecular weight excluding hydrogens is 614 g/mol. The molecule has 1 N–H and O–H groups in total. The van der Waals surface area contributed by atoms with Crippen LogP contribution in [0.1, 0.15) is 59.6 Å². The molecule has 3 fully saturated rings. The highest BCUT2D eigenvalue weighted by molar-refractivity contribution is 14.1. The number of ether oxygens (including phenoxy) is 4. The van der Waals surface area contributed by atoms with Gasteiger partial charge in [0, 0.05) is 34.8 Å². The van der Waals surface area contributed by atoms with Crippen molar-refractivity contribution >= 4 is 47.0 Å². The lowest BCUT2D eigenvalue weighted by Gasteiger charge is -2.25. The molecule has 206 valence electrons. The Bertz CT molecular complexity index is 1130. The van der Waals surface area contributed by atoms with Gasteiger partial charge in [-0.25, -0.2) is 9.97 Å². The number of nitrogens with zero attached hydrogens (tertiary/aromatic N) is 3. The van der Waals surface area contributed by atoms with Gasteiger partial charge in [0.05, 0.1) is 25.2 Å². The number of rotatable bonds is 11. The molecule has 5 rings (SSSR count). The van der Waals surface area contributed by atoms with Gasteiger partial charge in [0.1, 0.15) is 36.1 Å². The molecule has 0 amide bonds. The topological polar surface area (TPSA) is 115 Å². The van der Waals surface area contributed by atoms with Gasteiger partial charge in [0.25, 0.3) is 0 Å². The van der Waals surface area contributed by atoms with Gasteiger partial charge in [0.2, 0.25) is 0 Å². The molecule has 1 unspecified atom stereocenters. The van der Waals surface area contributed by atoms with Crippen LogP contribution >= 0.6 is 30.2 Å². The van der Waals surface area contributed by atoms with Crippen molar-refractivity contribution in [2.75, 3.05) is 31.5 Å². The summed E-state index contributed by atoms with van der Waals surface area (Å²) >= 11 is 2.15. The number of anilines is 1. The average molecular weight is 650 g/mol. The number of aromatic nitrogens is 3. The maximum atomic E-state index is 12.8. The van der Waals surface area contributed by atoms with Crippen molar-refractivity contribution in [1.82, 2.24) is 14.5 Å². The first kappa shape index (κ1) is 27.7. The molecule has 13 heteroatoms. The summed E-state index contributed by atoms with van der Waals surface area (Å²) in [7, 11) is -3.33. The third kappa shape index (κ3) is 6.01. The molecule has 0 aromatic carbocycles. The molecule has 4 atom stereocenters. The fourth-order valence-corrected chi connectivity index (χ4v) is 7.20. The van der Waals surface area contributed by atoms with Crippen LogP contribution < -0.4 is 5.32 Å². The monoisotopic (exact) mass is 650 g/mol. The van der Waals surface area contributed by atoms with Crippen molar-refractivity contribution < 1.29 is 32.6 Å². The molecule has 4 heterocycles. The van der Waals surface area contributed by atoms with Crippen LogP contribution in [0.4, 0.5) is 5.82 Å². The molecule has 0 spiro atoms. The zero-order valence-electron chi connectivity index (χ0n) is 21.7. The maximum Gasteiger partial charge on any atom is 0.356 e. The Balaban J connectivity index is 1.37. The van der Waals surface area contributed by atoms with Crippen molar-refractivity contribution in [1.29, 1.82) is 0 Å². The molecule has 2 aromatic rings. The van der Waals surface area contributed by atoms with E-state index in [-0.39, 0.29) is 38.4 Å². The fraction of sp³-hybridized carbons (Fsp3) is 0.750. The van der Waals surface area contributed by atoms with Crippen LogP contribution in [0.5, 0.6) is 0 Å². The van der Waals surface area contributed by atoms with E-state index >= 15 is 0 Å². The van der Waals surface area contributed by atoms with Crippen LogP contribution in [0.2, 0.25) is 0 Å². The van der Waals surface area contributed by atoms with Gasteiger partial charge in [-0.1, -0.05) is 12.8 Å². The number of fused-ring (bicyclic) bond motifs is 2. The van der Waals surface area contributed by atoms with Gasteiger partial charge in [-0.3, -0.25) is 4.57 Å². The second-order valence-corrected chi connectivity index (χ2v) is 13.0. The van der Waals surface area contributed by atoms with Gasteiger partial charge in [-0.15, -0.1) is 0 Å². The van der Waals surface area contributed by atoms with E-state index in [2.05, 4.69) is 32.9 Å². The molecule has 1 saturated carbocycles. The first-order chi connectivity index (χ1) is 17.7. The molecule has 2 aromatic heterocycles. The van der Waals surface area contributed by atoms with E-state index in [4.69, 9.17) is 33.0 Å². The molecule has 2 aliphatic heterocycles. The van der Waals surface area contributed by atoms with Gasteiger partial charge < -0.3 is 37.9 Å². The average Bonchev–Trinajstić information content (AvgIpc) is 3.59. The third-order valence-corrected chi connectivity index (χ3v) is 9.11. The standard InChI is InChI=1S/C24H36IN4O7P/c1-5-32-37(30,33-6-2)14-31-13-17-18-19(36-24(3,4)35-18)22(34-17)29-12-11-16-20(26-15-9-7-8-10-15)27-23(25)28-21(16)29/h11-12,15,17-19,22H,5-10,13-14H2,1-4H3,(H,26,27,28)/t17?,18-,19-,22-/m1/s1. The zero-order chi connectivity index (χ0) is 26.2. The summed E-state index contributed by atoms with van der Waals surface area (Å²) in [5.74, 6) is 0.0734. The second-order valence-electron chi connectivity index (χ2n) is 10.0. The van der Waals surface area contributed by atoms with Crippen molar-refractivity contribution in [2.45, 2.75) is 89.7 Å². The highest BCUT2D eigenvalue weighted by Crippen LogP contribution is 2.49. The van der Waals surface area contributed by atoms with Crippen LogP contribution in [0, 0.1) is 3.83 Å². The first-order valence-corrected chi connectivity index (χ1v) is 15.8. The van der Waals surface area contributed by atoms with Crippen molar-refractivity contribution in [2.24, 2.45) is 0 Å². The lowest BCUT2D eigenvalue weighted by Crippen LogP contribution is -2.33. The van der Waals surface area contributed by atoms with E-state index < -0.39 is 25.7 Å². The lowest BCUT2D eigenvalue weighted by atomic mass is 10.1. The van der Waals surface area contributed by atoms with Crippen molar-refractivity contribution in [3.63, 3.8) is 0 Å². The molecule has 1 aliphatic carbocycles. The first-order valence-electron chi connectivity index (χ1n) is 13.0. The Morgan fingerprint density at radius 1 is 1.16 bits per heavy atom. The Morgan fingerprint density at radius 3 is 2.57 bits per heavy atom. The Kier molecular flexibility index (Phi) is 8.48. The smallest absolute Gasteiger partial charge is 0.356 e.